The smallest absolute Gasteiger partial charge is 0.130 e. The van der Waals surface area contributed by atoms with Crippen molar-refractivity contribution in [3.8, 4) is 0 Å². The second-order valence-corrected chi connectivity index (χ2v) is 6.35. The van der Waals surface area contributed by atoms with Crippen LogP contribution in [-0.2, 0) is 0 Å². The average Bonchev–Trinajstić information content (AvgIpc) is 2.36. The van der Waals surface area contributed by atoms with Gasteiger partial charge >= 0.3 is 0 Å². The number of benzene rings is 1. The van der Waals surface area contributed by atoms with E-state index in [0.717, 1.165) is 19.4 Å². The third-order valence-electron chi connectivity index (χ3n) is 4.42. The van der Waals surface area contributed by atoms with Crippen molar-refractivity contribution in [2.24, 2.45) is 17.8 Å². The van der Waals surface area contributed by atoms with E-state index in [1.807, 2.05) is 6.92 Å². The summed E-state index contributed by atoms with van der Waals surface area (Å²) in [6, 6.07) is 3.94. The molecular formula is C17H25F2N. The predicted octanol–water partition coefficient (Wildman–Crippen LogP) is 4.69. The van der Waals surface area contributed by atoms with Crippen molar-refractivity contribution in [1.29, 1.82) is 0 Å². The molecule has 3 atom stereocenters. The Morgan fingerprint density at radius 2 is 1.65 bits per heavy atom. The molecule has 1 N–H and O–H groups in total. The maximum Gasteiger partial charge on any atom is 0.130 e. The van der Waals surface area contributed by atoms with Gasteiger partial charge in [0.05, 0.1) is 0 Å². The summed E-state index contributed by atoms with van der Waals surface area (Å²) in [5.41, 5.74) is 0.223. The summed E-state index contributed by atoms with van der Waals surface area (Å²) in [5.74, 6) is 0.697. The zero-order valence-corrected chi connectivity index (χ0v) is 12.6. The second-order valence-electron chi connectivity index (χ2n) is 6.35. The van der Waals surface area contributed by atoms with Crippen molar-refractivity contribution < 1.29 is 8.78 Å². The van der Waals surface area contributed by atoms with Crippen molar-refractivity contribution in [2.75, 3.05) is 6.54 Å². The predicted molar refractivity (Wildman–Crippen MR) is 78.4 cm³/mol. The van der Waals surface area contributed by atoms with Crippen LogP contribution in [0.4, 0.5) is 8.78 Å². The highest BCUT2D eigenvalue weighted by atomic mass is 19.1. The van der Waals surface area contributed by atoms with Crippen LogP contribution < -0.4 is 5.32 Å². The normalized spacial score (nSPS) is 28.4. The molecule has 1 fully saturated rings. The standard InChI is InChI=1S/C17H25F2N/c1-4-20-17(13-9-11(2)8-12(3)10-13)16-14(18)6-5-7-15(16)19/h5-7,11-13,17,20H,4,8-10H2,1-3H3. The van der Waals surface area contributed by atoms with Gasteiger partial charge < -0.3 is 5.32 Å². The van der Waals surface area contributed by atoms with E-state index >= 15 is 0 Å². The van der Waals surface area contributed by atoms with Gasteiger partial charge in [-0.3, -0.25) is 0 Å². The Morgan fingerprint density at radius 3 is 2.15 bits per heavy atom. The van der Waals surface area contributed by atoms with Crippen LogP contribution >= 0.6 is 0 Å². The molecule has 1 aromatic rings. The summed E-state index contributed by atoms with van der Waals surface area (Å²) in [4.78, 5) is 0. The minimum atomic E-state index is -0.429. The zero-order valence-electron chi connectivity index (χ0n) is 12.6. The molecule has 0 aromatic heterocycles. The van der Waals surface area contributed by atoms with Gasteiger partial charge in [-0.25, -0.2) is 8.78 Å². The van der Waals surface area contributed by atoms with Gasteiger partial charge in [-0.05, 0) is 55.7 Å². The molecule has 112 valence electrons. The average molecular weight is 281 g/mol. The zero-order chi connectivity index (χ0) is 14.7. The lowest BCUT2D eigenvalue weighted by atomic mass is 9.72. The van der Waals surface area contributed by atoms with E-state index in [9.17, 15) is 8.78 Å². The molecule has 0 saturated heterocycles. The summed E-state index contributed by atoms with van der Waals surface area (Å²) in [6.45, 7) is 7.19. The van der Waals surface area contributed by atoms with Crippen LogP contribution in [-0.4, -0.2) is 6.54 Å². The summed E-state index contributed by atoms with van der Waals surface area (Å²) >= 11 is 0. The molecule has 0 bridgehead atoms. The van der Waals surface area contributed by atoms with Crippen LogP contribution in [0.25, 0.3) is 0 Å². The number of rotatable bonds is 4. The molecule has 0 heterocycles. The largest absolute Gasteiger partial charge is 0.310 e. The van der Waals surface area contributed by atoms with Crippen LogP contribution in [0.15, 0.2) is 18.2 Å². The second kappa shape index (κ2) is 6.66. The van der Waals surface area contributed by atoms with Crippen molar-refractivity contribution in [3.63, 3.8) is 0 Å². The van der Waals surface area contributed by atoms with Gasteiger partial charge in [0.15, 0.2) is 0 Å². The molecule has 1 saturated carbocycles. The van der Waals surface area contributed by atoms with E-state index in [4.69, 9.17) is 0 Å². The molecule has 1 aliphatic carbocycles. The third kappa shape index (κ3) is 3.38. The van der Waals surface area contributed by atoms with Gasteiger partial charge in [-0.15, -0.1) is 0 Å². The van der Waals surface area contributed by atoms with Crippen molar-refractivity contribution >= 4 is 0 Å². The Hall–Kier alpha value is -0.960. The minimum Gasteiger partial charge on any atom is -0.310 e. The number of hydrogen-bond acceptors (Lipinski definition) is 1. The first-order chi connectivity index (χ1) is 9.52. The monoisotopic (exact) mass is 281 g/mol. The van der Waals surface area contributed by atoms with E-state index in [0.29, 0.717) is 17.8 Å². The van der Waals surface area contributed by atoms with Gasteiger partial charge in [0.1, 0.15) is 11.6 Å². The Balaban J connectivity index is 2.31. The third-order valence-corrected chi connectivity index (χ3v) is 4.42. The Labute approximate surface area is 120 Å². The van der Waals surface area contributed by atoms with E-state index in [1.54, 1.807) is 0 Å². The number of halogens is 2. The molecular weight excluding hydrogens is 256 g/mol. The fourth-order valence-electron chi connectivity index (χ4n) is 3.81. The number of nitrogens with one attached hydrogen (secondary N) is 1. The van der Waals surface area contributed by atoms with E-state index in [-0.39, 0.29) is 11.6 Å². The first kappa shape index (κ1) is 15.4. The van der Waals surface area contributed by atoms with E-state index in [2.05, 4.69) is 19.2 Å². The topological polar surface area (TPSA) is 12.0 Å². The number of hydrogen-bond donors (Lipinski definition) is 1. The van der Waals surface area contributed by atoms with Gasteiger partial charge in [-0.1, -0.05) is 26.8 Å². The quantitative estimate of drug-likeness (QED) is 0.844. The molecule has 1 aromatic carbocycles. The molecule has 20 heavy (non-hydrogen) atoms. The van der Waals surface area contributed by atoms with E-state index < -0.39 is 11.6 Å². The molecule has 0 spiro atoms. The fraction of sp³-hybridized carbons (Fsp3) is 0.647. The minimum absolute atomic E-state index is 0.216. The molecule has 0 radical (unpaired) electrons. The summed E-state index contributed by atoms with van der Waals surface area (Å²) in [7, 11) is 0. The highest BCUT2D eigenvalue weighted by Crippen LogP contribution is 2.40. The summed E-state index contributed by atoms with van der Waals surface area (Å²) < 4.78 is 28.2. The summed E-state index contributed by atoms with van der Waals surface area (Å²) in [6.07, 6.45) is 3.29. The SMILES string of the molecule is CCNC(c1c(F)cccc1F)C1CC(C)CC(C)C1. The van der Waals surface area contributed by atoms with E-state index in [1.165, 1.54) is 24.6 Å². The van der Waals surface area contributed by atoms with Gasteiger partial charge in [0, 0.05) is 11.6 Å². The van der Waals surface area contributed by atoms with Crippen LogP contribution in [0.2, 0.25) is 0 Å². The fourth-order valence-corrected chi connectivity index (χ4v) is 3.81. The molecule has 3 unspecified atom stereocenters. The molecule has 3 heteroatoms. The molecule has 2 rings (SSSR count). The first-order valence-corrected chi connectivity index (χ1v) is 7.70. The van der Waals surface area contributed by atoms with Gasteiger partial charge in [-0.2, -0.15) is 0 Å². The summed E-state index contributed by atoms with van der Waals surface area (Å²) in [5, 5.41) is 3.31. The van der Waals surface area contributed by atoms with Crippen molar-refractivity contribution in [1.82, 2.24) is 5.32 Å². The Morgan fingerprint density at radius 1 is 1.10 bits per heavy atom. The molecule has 0 amide bonds. The lowest BCUT2D eigenvalue weighted by Gasteiger charge is -2.37. The maximum absolute atomic E-state index is 14.1. The maximum atomic E-state index is 14.1. The van der Waals surface area contributed by atoms with Crippen molar-refractivity contribution in [3.05, 3.63) is 35.4 Å². The molecule has 0 aliphatic heterocycles. The highest BCUT2D eigenvalue weighted by Gasteiger charge is 2.33. The lowest BCUT2D eigenvalue weighted by molar-refractivity contribution is 0.173. The van der Waals surface area contributed by atoms with Gasteiger partial charge in [0.25, 0.3) is 0 Å². The lowest BCUT2D eigenvalue weighted by Crippen LogP contribution is -2.34. The van der Waals surface area contributed by atoms with Crippen LogP contribution in [0.1, 0.15) is 51.6 Å². The van der Waals surface area contributed by atoms with Crippen LogP contribution in [0.3, 0.4) is 0 Å². The first-order valence-electron chi connectivity index (χ1n) is 7.70. The van der Waals surface area contributed by atoms with Crippen LogP contribution in [0, 0.1) is 29.4 Å². The van der Waals surface area contributed by atoms with Gasteiger partial charge in [0.2, 0.25) is 0 Å². The Bertz CT molecular complexity index is 416. The molecule has 1 nitrogen and oxygen atoms in total. The highest BCUT2D eigenvalue weighted by molar-refractivity contribution is 5.24. The Kier molecular flexibility index (Phi) is 5.14. The van der Waals surface area contributed by atoms with Crippen LogP contribution in [0.5, 0.6) is 0 Å². The molecule has 1 aliphatic rings. The van der Waals surface area contributed by atoms with Crippen molar-refractivity contribution in [2.45, 2.75) is 46.1 Å².